The lowest BCUT2D eigenvalue weighted by Crippen LogP contribution is -2.51. The largest absolute Gasteiger partial charge is 0.102 e. The minimum atomic E-state index is 0.366. The average Bonchev–Trinajstić information content (AvgIpc) is 2.88. The molecule has 0 spiro atoms. The second-order valence-corrected chi connectivity index (χ2v) is 8.42. The quantitative estimate of drug-likeness (QED) is 0.532. The lowest BCUT2D eigenvalue weighted by molar-refractivity contribution is -0.0552. The van der Waals surface area contributed by atoms with Crippen LogP contribution in [0, 0.1) is 34.5 Å². The summed E-state index contributed by atoms with van der Waals surface area (Å²) in [4.78, 5) is 0. The predicted octanol–water partition coefficient (Wildman–Crippen LogP) is 5.75. The van der Waals surface area contributed by atoms with E-state index in [2.05, 4.69) is 31.7 Å². The molecule has 0 aromatic carbocycles. The molecule has 20 heavy (non-hydrogen) atoms. The third-order valence-electron chi connectivity index (χ3n) is 7.86. The molecule has 0 bridgehead atoms. The van der Waals surface area contributed by atoms with Crippen molar-refractivity contribution in [2.24, 2.45) is 34.5 Å². The Labute approximate surface area is 124 Å². The van der Waals surface area contributed by atoms with Crippen LogP contribution in [-0.2, 0) is 0 Å². The highest BCUT2D eigenvalue weighted by Crippen LogP contribution is 2.65. The van der Waals surface area contributed by atoms with Crippen LogP contribution in [0.2, 0.25) is 0 Å². The lowest BCUT2D eigenvalue weighted by Gasteiger charge is -2.58. The molecule has 4 aliphatic carbocycles. The Morgan fingerprint density at radius 1 is 1.05 bits per heavy atom. The van der Waals surface area contributed by atoms with Gasteiger partial charge < -0.3 is 0 Å². The molecule has 0 heterocycles. The Hall–Kier alpha value is -0.520. The Kier molecular flexibility index (Phi) is 2.95. The third-order valence-corrected chi connectivity index (χ3v) is 7.86. The van der Waals surface area contributed by atoms with Crippen molar-refractivity contribution in [3.05, 3.63) is 24.8 Å². The summed E-state index contributed by atoms with van der Waals surface area (Å²) in [6.07, 6.45) is 20.5. The van der Waals surface area contributed by atoms with Crippen molar-refractivity contribution < 1.29 is 0 Å². The number of hydrogen-bond donors (Lipinski definition) is 0. The molecule has 0 aliphatic heterocycles. The van der Waals surface area contributed by atoms with E-state index < -0.39 is 0 Å². The van der Waals surface area contributed by atoms with Crippen LogP contribution >= 0.6 is 0 Å². The van der Waals surface area contributed by atoms with Gasteiger partial charge in [0.15, 0.2) is 0 Å². The first-order valence-corrected chi connectivity index (χ1v) is 9.01. The summed E-state index contributed by atoms with van der Waals surface area (Å²) in [5, 5.41) is 0. The van der Waals surface area contributed by atoms with Gasteiger partial charge in [0.05, 0.1) is 0 Å². The van der Waals surface area contributed by atoms with Crippen molar-refractivity contribution in [1.82, 2.24) is 0 Å². The van der Waals surface area contributed by atoms with Crippen molar-refractivity contribution in [1.29, 1.82) is 0 Å². The van der Waals surface area contributed by atoms with Gasteiger partial charge in [0, 0.05) is 5.41 Å². The second kappa shape index (κ2) is 4.49. The van der Waals surface area contributed by atoms with Crippen LogP contribution in [0.25, 0.3) is 0 Å². The maximum Gasteiger partial charge on any atom is 0.0118 e. The molecule has 3 fully saturated rings. The SMILES string of the molecule is C=C[C@]12C=CCCC1CC[C@H]1[C@@H]3CCC[C@@]3(C)CC[C@@H]12. The summed E-state index contributed by atoms with van der Waals surface area (Å²) in [5.41, 5.74) is 1.06. The molecular weight excluding hydrogens is 240 g/mol. The van der Waals surface area contributed by atoms with E-state index in [0.29, 0.717) is 10.8 Å². The molecule has 0 aromatic heterocycles. The molecule has 3 saturated carbocycles. The van der Waals surface area contributed by atoms with Crippen LogP contribution in [0.15, 0.2) is 24.8 Å². The second-order valence-electron chi connectivity index (χ2n) is 8.42. The van der Waals surface area contributed by atoms with E-state index in [1.165, 1.54) is 57.8 Å². The van der Waals surface area contributed by atoms with Crippen molar-refractivity contribution in [3.8, 4) is 0 Å². The topological polar surface area (TPSA) is 0 Å². The van der Waals surface area contributed by atoms with Crippen molar-refractivity contribution >= 4 is 0 Å². The Balaban J connectivity index is 1.72. The van der Waals surface area contributed by atoms with E-state index in [9.17, 15) is 0 Å². The van der Waals surface area contributed by atoms with Crippen LogP contribution in [0.4, 0.5) is 0 Å². The standard InChI is InChI=1S/C20H30/c1-3-20-13-5-4-7-15(20)9-10-16-17-8-6-12-19(17,2)14-11-18(16)20/h3,5,13,15-18H,1,4,6-12,14H2,2H3/t15?,16-,17-,18-,19-,20-/m0/s1. The molecule has 0 heteroatoms. The first kappa shape index (κ1) is 13.2. The molecule has 0 amide bonds. The van der Waals surface area contributed by atoms with Gasteiger partial charge in [-0.1, -0.05) is 31.6 Å². The molecular formula is C20H30. The zero-order valence-corrected chi connectivity index (χ0v) is 13.1. The third kappa shape index (κ3) is 1.60. The predicted molar refractivity (Wildman–Crippen MR) is 85.4 cm³/mol. The smallest absolute Gasteiger partial charge is 0.0118 e. The Morgan fingerprint density at radius 2 is 1.95 bits per heavy atom. The van der Waals surface area contributed by atoms with Gasteiger partial charge in [-0.15, -0.1) is 6.58 Å². The van der Waals surface area contributed by atoms with E-state index in [1.54, 1.807) is 0 Å². The number of allylic oxidation sites excluding steroid dienone is 3. The van der Waals surface area contributed by atoms with Gasteiger partial charge in [0.1, 0.15) is 0 Å². The normalized spacial score (nSPS) is 53.9. The molecule has 4 aliphatic rings. The van der Waals surface area contributed by atoms with Crippen molar-refractivity contribution in [3.63, 3.8) is 0 Å². The van der Waals surface area contributed by atoms with Crippen LogP contribution < -0.4 is 0 Å². The molecule has 6 atom stereocenters. The van der Waals surface area contributed by atoms with Gasteiger partial charge in [-0.2, -0.15) is 0 Å². The van der Waals surface area contributed by atoms with Crippen LogP contribution in [0.5, 0.6) is 0 Å². The highest BCUT2D eigenvalue weighted by atomic mass is 14.6. The number of hydrogen-bond acceptors (Lipinski definition) is 0. The van der Waals surface area contributed by atoms with Gasteiger partial charge in [-0.3, -0.25) is 0 Å². The van der Waals surface area contributed by atoms with Gasteiger partial charge >= 0.3 is 0 Å². The number of rotatable bonds is 1. The summed E-state index contributed by atoms with van der Waals surface area (Å²) in [6.45, 7) is 6.90. The Morgan fingerprint density at radius 3 is 2.80 bits per heavy atom. The van der Waals surface area contributed by atoms with E-state index in [4.69, 9.17) is 0 Å². The summed E-state index contributed by atoms with van der Waals surface area (Å²) in [6, 6.07) is 0. The fourth-order valence-corrected chi connectivity index (χ4v) is 6.88. The fraction of sp³-hybridized carbons (Fsp3) is 0.800. The molecule has 110 valence electrons. The molecule has 0 radical (unpaired) electrons. The van der Waals surface area contributed by atoms with E-state index in [-0.39, 0.29) is 0 Å². The summed E-state index contributed by atoms with van der Waals surface area (Å²) >= 11 is 0. The highest BCUT2D eigenvalue weighted by Gasteiger charge is 2.56. The molecule has 0 N–H and O–H groups in total. The maximum atomic E-state index is 4.30. The lowest BCUT2D eigenvalue weighted by atomic mass is 9.46. The van der Waals surface area contributed by atoms with Gasteiger partial charge in [-0.05, 0) is 80.5 Å². The fourth-order valence-electron chi connectivity index (χ4n) is 6.88. The van der Waals surface area contributed by atoms with E-state index in [1.807, 2.05) is 0 Å². The molecule has 1 unspecified atom stereocenters. The first-order valence-electron chi connectivity index (χ1n) is 9.01. The molecule has 0 aromatic rings. The van der Waals surface area contributed by atoms with Crippen molar-refractivity contribution in [2.75, 3.05) is 0 Å². The summed E-state index contributed by atoms with van der Waals surface area (Å²) in [7, 11) is 0. The van der Waals surface area contributed by atoms with Gasteiger partial charge in [0.2, 0.25) is 0 Å². The Bertz CT molecular complexity index is 433. The monoisotopic (exact) mass is 270 g/mol. The zero-order valence-electron chi connectivity index (χ0n) is 13.1. The summed E-state index contributed by atoms with van der Waals surface area (Å²) in [5.74, 6) is 3.83. The van der Waals surface area contributed by atoms with Gasteiger partial charge in [-0.25, -0.2) is 0 Å². The molecule has 0 nitrogen and oxygen atoms in total. The minimum absolute atomic E-state index is 0.366. The van der Waals surface area contributed by atoms with Crippen LogP contribution in [0.3, 0.4) is 0 Å². The molecule has 4 rings (SSSR count). The van der Waals surface area contributed by atoms with Gasteiger partial charge in [0.25, 0.3) is 0 Å². The number of fused-ring (bicyclic) bond motifs is 5. The minimum Gasteiger partial charge on any atom is -0.102 e. The van der Waals surface area contributed by atoms with E-state index in [0.717, 1.165) is 23.7 Å². The van der Waals surface area contributed by atoms with Crippen LogP contribution in [0.1, 0.15) is 64.7 Å². The first-order chi connectivity index (χ1) is 9.70. The maximum absolute atomic E-state index is 4.30. The molecule has 0 saturated heterocycles. The highest BCUT2D eigenvalue weighted by molar-refractivity contribution is 5.22. The van der Waals surface area contributed by atoms with Crippen LogP contribution in [-0.4, -0.2) is 0 Å². The average molecular weight is 270 g/mol. The summed E-state index contributed by atoms with van der Waals surface area (Å²) < 4.78 is 0. The van der Waals surface area contributed by atoms with E-state index >= 15 is 0 Å². The van der Waals surface area contributed by atoms with Crippen molar-refractivity contribution in [2.45, 2.75) is 64.7 Å². The zero-order chi connectivity index (χ0) is 13.8.